The van der Waals surface area contributed by atoms with Crippen molar-refractivity contribution in [1.82, 2.24) is 4.98 Å². The molecule has 0 spiro atoms. The number of rotatable bonds is 3. The fourth-order valence-electron chi connectivity index (χ4n) is 0.741. The molecule has 2 nitrogen and oxygen atoms in total. The Morgan fingerprint density at radius 3 is 3.00 bits per heavy atom. The molecule has 0 saturated carbocycles. The summed E-state index contributed by atoms with van der Waals surface area (Å²) in [6, 6.07) is 0. The van der Waals surface area contributed by atoms with Gasteiger partial charge >= 0.3 is 0 Å². The zero-order chi connectivity index (χ0) is 7.40. The zero-order valence-corrected chi connectivity index (χ0v) is 6.82. The van der Waals surface area contributed by atoms with E-state index in [4.69, 9.17) is 5.11 Å². The smallest absolute Gasteiger partial charge is 0.0925 e. The lowest BCUT2D eigenvalue weighted by Crippen LogP contribution is -1.90. The van der Waals surface area contributed by atoms with E-state index in [0.29, 0.717) is 6.42 Å². The van der Waals surface area contributed by atoms with Gasteiger partial charge in [-0.05, 0) is 6.42 Å². The molecule has 0 unspecified atom stereocenters. The lowest BCUT2D eigenvalue weighted by Gasteiger charge is -1.87. The van der Waals surface area contributed by atoms with Crippen LogP contribution in [0.15, 0.2) is 5.38 Å². The molecule has 0 aliphatic carbocycles. The Kier molecular flexibility index (Phi) is 2.83. The third-order valence-electron chi connectivity index (χ3n) is 1.27. The maximum atomic E-state index is 8.57. The molecule has 3 heteroatoms. The van der Waals surface area contributed by atoms with E-state index < -0.39 is 0 Å². The highest BCUT2D eigenvalue weighted by Gasteiger charge is 1.97. The van der Waals surface area contributed by atoms with E-state index in [1.54, 1.807) is 11.3 Å². The molecule has 1 aromatic heterocycles. The maximum absolute atomic E-state index is 8.57. The summed E-state index contributed by atoms with van der Waals surface area (Å²) in [4.78, 5) is 4.28. The summed E-state index contributed by atoms with van der Waals surface area (Å²) in [5, 5.41) is 11.7. The molecule has 0 fully saturated rings. The Labute approximate surface area is 64.5 Å². The lowest BCUT2D eigenvalue weighted by atomic mass is 10.4. The normalized spacial score (nSPS) is 10.2. The first-order valence-corrected chi connectivity index (χ1v) is 4.29. The molecule has 0 aliphatic rings. The molecular weight excluding hydrogens is 146 g/mol. The van der Waals surface area contributed by atoms with Crippen LogP contribution in [0.25, 0.3) is 0 Å². The van der Waals surface area contributed by atoms with Gasteiger partial charge in [0.15, 0.2) is 0 Å². The Morgan fingerprint density at radius 2 is 2.50 bits per heavy atom. The van der Waals surface area contributed by atoms with E-state index in [-0.39, 0.29) is 6.61 Å². The summed E-state index contributed by atoms with van der Waals surface area (Å²) < 4.78 is 0. The second-order valence-electron chi connectivity index (χ2n) is 2.06. The summed E-state index contributed by atoms with van der Waals surface area (Å²) in [7, 11) is 0. The molecule has 0 amide bonds. The summed E-state index contributed by atoms with van der Waals surface area (Å²) in [6.45, 7) is 2.29. The number of hydrogen-bond acceptors (Lipinski definition) is 3. The monoisotopic (exact) mass is 157 g/mol. The Bertz CT molecular complexity index is 197. The van der Waals surface area contributed by atoms with Gasteiger partial charge in [-0.2, -0.15) is 0 Å². The predicted octanol–water partition coefficient (Wildman–Crippen LogP) is 1.24. The summed E-state index contributed by atoms with van der Waals surface area (Å²) in [6.07, 6.45) is 1.69. The van der Waals surface area contributed by atoms with E-state index in [1.165, 1.54) is 0 Å². The molecule has 10 heavy (non-hydrogen) atoms. The van der Waals surface area contributed by atoms with Gasteiger partial charge in [0.05, 0.1) is 10.7 Å². The van der Waals surface area contributed by atoms with Crippen LogP contribution in [0.1, 0.15) is 17.6 Å². The van der Waals surface area contributed by atoms with Gasteiger partial charge in [-0.3, -0.25) is 0 Å². The molecule has 0 radical (unpaired) electrons. The highest BCUT2D eigenvalue weighted by Crippen LogP contribution is 2.09. The van der Waals surface area contributed by atoms with Crippen molar-refractivity contribution >= 4 is 11.3 Å². The highest BCUT2D eigenvalue weighted by molar-refractivity contribution is 7.09. The fraction of sp³-hybridized carbons (Fsp3) is 0.571. The molecule has 1 rings (SSSR count). The summed E-state index contributed by atoms with van der Waals surface area (Å²) in [5.74, 6) is 0. The Balaban J connectivity index is 2.59. The maximum Gasteiger partial charge on any atom is 0.0925 e. The van der Waals surface area contributed by atoms with Crippen LogP contribution in [-0.2, 0) is 12.8 Å². The molecule has 56 valence electrons. The van der Waals surface area contributed by atoms with E-state index in [2.05, 4.69) is 11.9 Å². The number of aliphatic hydroxyl groups excluding tert-OH is 1. The summed E-state index contributed by atoms with van der Waals surface area (Å²) >= 11 is 1.67. The number of nitrogens with zero attached hydrogens (tertiary/aromatic N) is 1. The van der Waals surface area contributed by atoms with E-state index in [1.807, 2.05) is 5.38 Å². The molecule has 0 aliphatic heterocycles. The standard InChI is InChI=1S/C7H11NOS/c1-2-7-8-6(3-4-9)5-10-7/h5,9H,2-4H2,1H3. The van der Waals surface area contributed by atoms with Crippen LogP contribution in [-0.4, -0.2) is 16.7 Å². The van der Waals surface area contributed by atoms with Crippen LogP contribution in [0.3, 0.4) is 0 Å². The molecule has 1 heterocycles. The predicted molar refractivity (Wildman–Crippen MR) is 42.3 cm³/mol. The van der Waals surface area contributed by atoms with Gasteiger partial charge < -0.3 is 5.11 Å². The van der Waals surface area contributed by atoms with Gasteiger partial charge in [0, 0.05) is 18.4 Å². The summed E-state index contributed by atoms with van der Waals surface area (Å²) in [5.41, 5.74) is 1.02. The second kappa shape index (κ2) is 3.68. The average Bonchev–Trinajstić information content (AvgIpc) is 2.37. The van der Waals surface area contributed by atoms with Crippen molar-refractivity contribution in [3.63, 3.8) is 0 Å². The van der Waals surface area contributed by atoms with E-state index >= 15 is 0 Å². The largest absolute Gasteiger partial charge is 0.396 e. The average molecular weight is 157 g/mol. The van der Waals surface area contributed by atoms with Crippen molar-refractivity contribution in [3.05, 3.63) is 16.1 Å². The van der Waals surface area contributed by atoms with Crippen molar-refractivity contribution in [2.24, 2.45) is 0 Å². The van der Waals surface area contributed by atoms with Crippen LogP contribution in [0.2, 0.25) is 0 Å². The van der Waals surface area contributed by atoms with Crippen LogP contribution >= 0.6 is 11.3 Å². The lowest BCUT2D eigenvalue weighted by molar-refractivity contribution is 0.298. The van der Waals surface area contributed by atoms with Gasteiger partial charge in [0.1, 0.15) is 0 Å². The molecule has 1 N–H and O–H groups in total. The number of aromatic nitrogens is 1. The molecule has 0 atom stereocenters. The number of hydrogen-bond donors (Lipinski definition) is 1. The van der Waals surface area contributed by atoms with E-state index in [9.17, 15) is 0 Å². The van der Waals surface area contributed by atoms with Crippen molar-refractivity contribution in [2.45, 2.75) is 19.8 Å². The van der Waals surface area contributed by atoms with Crippen molar-refractivity contribution in [2.75, 3.05) is 6.61 Å². The van der Waals surface area contributed by atoms with E-state index in [0.717, 1.165) is 17.1 Å². The van der Waals surface area contributed by atoms with Gasteiger partial charge in [0.25, 0.3) is 0 Å². The molecule has 0 saturated heterocycles. The first-order chi connectivity index (χ1) is 4.86. The van der Waals surface area contributed by atoms with Crippen molar-refractivity contribution < 1.29 is 5.11 Å². The molecule has 0 aromatic carbocycles. The second-order valence-corrected chi connectivity index (χ2v) is 3.00. The molecule has 0 bridgehead atoms. The number of aryl methyl sites for hydroxylation is 1. The Hall–Kier alpha value is -0.410. The molecule has 1 aromatic rings. The van der Waals surface area contributed by atoms with Crippen molar-refractivity contribution in [3.8, 4) is 0 Å². The quantitative estimate of drug-likeness (QED) is 0.716. The number of thiazole rings is 1. The minimum absolute atomic E-state index is 0.201. The van der Waals surface area contributed by atoms with Crippen LogP contribution in [0.5, 0.6) is 0 Å². The minimum Gasteiger partial charge on any atom is -0.396 e. The van der Waals surface area contributed by atoms with Crippen molar-refractivity contribution in [1.29, 1.82) is 0 Å². The Morgan fingerprint density at radius 1 is 1.70 bits per heavy atom. The highest BCUT2D eigenvalue weighted by atomic mass is 32.1. The third-order valence-corrected chi connectivity index (χ3v) is 2.31. The third kappa shape index (κ3) is 1.78. The number of aliphatic hydroxyl groups is 1. The zero-order valence-electron chi connectivity index (χ0n) is 6.00. The topological polar surface area (TPSA) is 33.1 Å². The van der Waals surface area contributed by atoms with Crippen LogP contribution in [0, 0.1) is 0 Å². The van der Waals surface area contributed by atoms with Crippen LogP contribution in [0.4, 0.5) is 0 Å². The van der Waals surface area contributed by atoms with Gasteiger partial charge in [-0.1, -0.05) is 6.92 Å². The fourth-order valence-corrected chi connectivity index (χ4v) is 1.52. The van der Waals surface area contributed by atoms with Gasteiger partial charge in [0.2, 0.25) is 0 Å². The van der Waals surface area contributed by atoms with Crippen LogP contribution < -0.4 is 0 Å². The van der Waals surface area contributed by atoms with Gasteiger partial charge in [-0.15, -0.1) is 11.3 Å². The SMILES string of the molecule is CCc1nc(CCO)cs1. The van der Waals surface area contributed by atoms with Gasteiger partial charge in [-0.25, -0.2) is 4.98 Å². The minimum atomic E-state index is 0.201. The molecular formula is C7H11NOS. The first-order valence-electron chi connectivity index (χ1n) is 3.41. The first kappa shape index (κ1) is 7.69.